The zero-order valence-electron chi connectivity index (χ0n) is 35.1. The van der Waals surface area contributed by atoms with Crippen molar-refractivity contribution in [3.8, 4) is 0 Å². The fraction of sp³-hybridized carbons (Fsp3) is 0.882. The average Bonchev–Trinajstić information content (AvgIpc) is 4.07. The number of fused-ring (bicyclic) bond motifs is 9. The summed E-state index contributed by atoms with van der Waals surface area (Å²) >= 11 is 0. The van der Waals surface area contributed by atoms with Gasteiger partial charge >= 0.3 is 35.8 Å². The van der Waals surface area contributed by atoms with Crippen molar-refractivity contribution < 1.29 is 57.2 Å². The molecule has 0 aromatic heterocycles. The fourth-order valence-electron chi connectivity index (χ4n) is 12.3. The summed E-state index contributed by atoms with van der Waals surface area (Å²) in [4.78, 5) is 70.4. The number of hydrogen-bond acceptors (Lipinski definition) is 12. The topological polar surface area (TPSA) is 158 Å². The van der Waals surface area contributed by atoms with Gasteiger partial charge in [-0.2, -0.15) is 0 Å². The van der Waals surface area contributed by atoms with E-state index in [-0.39, 0.29) is 133 Å². The van der Waals surface area contributed by atoms with E-state index >= 15 is 0 Å². The molecule has 9 aliphatic rings. The van der Waals surface area contributed by atoms with Gasteiger partial charge in [0.05, 0.1) is 55.8 Å². The summed E-state index contributed by atoms with van der Waals surface area (Å²) in [6.07, 6.45) is 13.4. The molecule has 15 atom stereocenters. The molecule has 3 saturated heterocycles. The quantitative estimate of drug-likeness (QED) is 0.160. The minimum absolute atomic E-state index is 0. The Labute approximate surface area is 382 Å². The lowest BCUT2D eigenvalue weighted by Crippen LogP contribution is -2.39. The van der Waals surface area contributed by atoms with Crippen LogP contribution in [0.15, 0.2) is 0 Å². The summed E-state index contributed by atoms with van der Waals surface area (Å²) in [5, 5.41) is 0. The first-order chi connectivity index (χ1) is 27.1. The van der Waals surface area contributed by atoms with Gasteiger partial charge in [0.15, 0.2) is 0 Å². The maximum absolute atomic E-state index is 12.0. The summed E-state index contributed by atoms with van der Waals surface area (Å²) in [5.74, 6) is 2.16. The predicted molar refractivity (Wildman–Crippen MR) is 245 cm³/mol. The van der Waals surface area contributed by atoms with Crippen LogP contribution in [0.2, 0.25) is 0 Å². The molecule has 12 nitrogen and oxygen atoms in total. The van der Waals surface area contributed by atoms with Gasteiger partial charge in [-0.1, -0.05) is 86.1 Å². The molecule has 63 heavy (non-hydrogen) atoms. The Morgan fingerprint density at radius 1 is 0.571 bits per heavy atom. The zero-order chi connectivity index (χ0) is 40.9. The number of hydrogen-bond donors (Lipinski definition) is 0. The van der Waals surface area contributed by atoms with Gasteiger partial charge in [-0.05, 0) is 113 Å². The van der Waals surface area contributed by atoms with Crippen LogP contribution < -0.4 is 0 Å². The van der Waals surface area contributed by atoms with Crippen molar-refractivity contribution in [2.24, 2.45) is 69.5 Å². The third kappa shape index (κ3) is 11.1. The van der Waals surface area contributed by atoms with Crippen LogP contribution in [0.4, 0.5) is 0 Å². The molecule has 0 amide bonds. The van der Waals surface area contributed by atoms with E-state index in [4.69, 9.17) is 28.4 Å². The van der Waals surface area contributed by atoms with Crippen LogP contribution in [-0.4, -0.2) is 73.9 Å². The first-order valence-electron chi connectivity index (χ1n) is 22.2. The van der Waals surface area contributed by atoms with Gasteiger partial charge < -0.3 is 28.4 Å². The van der Waals surface area contributed by atoms with E-state index in [1.165, 1.54) is 0 Å². The Kier molecular flexibility index (Phi) is 21.0. The first-order valence-corrected chi connectivity index (χ1v) is 22.2. The van der Waals surface area contributed by atoms with Crippen LogP contribution in [0.25, 0.3) is 0 Å². The summed E-state index contributed by atoms with van der Waals surface area (Å²) in [6.45, 7) is 13.4. The Morgan fingerprint density at radius 2 is 1.03 bits per heavy atom. The van der Waals surface area contributed by atoms with Crippen LogP contribution in [0.5, 0.6) is 0 Å². The lowest BCUT2D eigenvalue weighted by molar-refractivity contribution is -0.160. The molecule has 6 bridgehead atoms. The molecule has 0 aromatic rings. The smallest absolute Gasteiger partial charge is 0.312 e. The lowest BCUT2D eigenvalue weighted by Gasteiger charge is -2.36. The van der Waals surface area contributed by atoms with E-state index in [0.29, 0.717) is 68.2 Å². The number of carbonyl (C=O) groups is 6. The van der Waals surface area contributed by atoms with Crippen molar-refractivity contribution in [2.75, 3.05) is 19.8 Å². The van der Waals surface area contributed by atoms with Gasteiger partial charge in [-0.15, -0.1) is 0 Å². The Balaban J connectivity index is 0.000000451. The van der Waals surface area contributed by atoms with Gasteiger partial charge in [-0.25, -0.2) is 0 Å². The molecule has 6 aliphatic carbocycles. The number of ether oxygens (including phenoxy) is 6. The molecule has 366 valence electrons. The fourth-order valence-corrected chi connectivity index (χ4v) is 12.3. The number of carbonyl (C=O) groups excluding carboxylic acids is 6. The maximum Gasteiger partial charge on any atom is 0.312 e. The molecule has 9 fully saturated rings. The van der Waals surface area contributed by atoms with Crippen LogP contribution in [-0.2, 0) is 57.2 Å². The summed E-state index contributed by atoms with van der Waals surface area (Å²) in [6, 6.07) is 0. The molecular weight excluding hydrogens is 805 g/mol. The molecule has 12 heteroatoms. The molecule has 15 unspecified atom stereocenters. The monoisotopic (exact) mass is 895 g/mol. The zero-order valence-corrected chi connectivity index (χ0v) is 35.1. The molecule has 0 N–H and O–H groups in total. The molecule has 6 saturated carbocycles. The van der Waals surface area contributed by atoms with Gasteiger partial charge in [-0.3, -0.25) is 28.8 Å². The highest BCUT2D eigenvalue weighted by Gasteiger charge is 2.63. The Bertz CT molecular complexity index is 1580. The third-order valence-electron chi connectivity index (χ3n) is 16.4. The number of esters is 6. The average molecular weight is 895 g/mol. The third-order valence-corrected chi connectivity index (χ3v) is 16.4. The van der Waals surface area contributed by atoms with Crippen LogP contribution in [0, 0.1) is 69.5 Å². The second kappa shape index (κ2) is 22.8. The summed E-state index contributed by atoms with van der Waals surface area (Å²) in [5.41, 5.74) is -0.189. The Hall–Kier alpha value is -3.18. The van der Waals surface area contributed by atoms with Crippen molar-refractivity contribution in [3.05, 3.63) is 0 Å². The van der Waals surface area contributed by atoms with Gasteiger partial charge in [0, 0.05) is 16.7 Å². The van der Waals surface area contributed by atoms with Crippen LogP contribution >= 0.6 is 0 Å². The second-order valence-electron chi connectivity index (χ2n) is 19.7. The van der Waals surface area contributed by atoms with E-state index in [0.717, 1.165) is 83.5 Å². The largest absolute Gasteiger partial charge is 0.465 e. The van der Waals surface area contributed by atoms with Gasteiger partial charge in [0.2, 0.25) is 0 Å². The highest BCUT2D eigenvalue weighted by Crippen LogP contribution is 2.62. The van der Waals surface area contributed by atoms with Crippen molar-refractivity contribution >= 4 is 35.8 Å². The Morgan fingerprint density at radius 3 is 1.41 bits per heavy atom. The molecule has 0 aromatic carbocycles. The second-order valence-corrected chi connectivity index (χ2v) is 19.7. The van der Waals surface area contributed by atoms with Gasteiger partial charge in [0.1, 0.15) is 18.3 Å². The molecular formula is C51H90O12. The van der Waals surface area contributed by atoms with E-state index < -0.39 is 0 Å². The normalized spacial score (nSPS) is 37.6. The van der Waals surface area contributed by atoms with Crippen molar-refractivity contribution in [1.82, 2.24) is 0 Å². The molecule has 3 aliphatic heterocycles. The number of cyclic esters (lactones) is 3. The van der Waals surface area contributed by atoms with Crippen LogP contribution in [0.1, 0.15) is 182 Å². The first kappa shape index (κ1) is 57.8. The predicted octanol–water partition coefficient (Wildman–Crippen LogP) is 10.7. The van der Waals surface area contributed by atoms with Crippen LogP contribution in [0.3, 0.4) is 0 Å². The summed E-state index contributed by atoms with van der Waals surface area (Å²) < 4.78 is 32.5. The van der Waals surface area contributed by atoms with E-state index in [9.17, 15) is 28.8 Å². The van der Waals surface area contributed by atoms with Gasteiger partial charge in [0.25, 0.3) is 0 Å². The SMILES string of the molecule is C.C.C.C.C.C.CCC(C)C(=O)OC1CC2CC1C1(COC(=O)C1)C2.CCC(C)C(=O)OC1CC2CC1CC21CCOC1=O.CCC(C)C(=O)OC1CC2CC1CC21COC(=O)C1. The number of rotatable bonds is 9. The van der Waals surface area contributed by atoms with E-state index in [1.54, 1.807) is 0 Å². The highest BCUT2D eigenvalue weighted by molar-refractivity contribution is 5.80. The molecule has 0 radical (unpaired) electrons. The highest BCUT2D eigenvalue weighted by atomic mass is 16.6. The van der Waals surface area contributed by atoms with Crippen molar-refractivity contribution in [3.63, 3.8) is 0 Å². The lowest BCUT2D eigenvalue weighted by atomic mass is 9.71. The molecule has 3 spiro atoms. The van der Waals surface area contributed by atoms with E-state index in [2.05, 4.69) is 0 Å². The summed E-state index contributed by atoms with van der Waals surface area (Å²) in [7, 11) is 0. The standard InChI is InChI=1S/3C15H22O4.6CH4/c1-3-9(2)14(17)19-12-5-11-4-10(12)6-15(11)7-13(16)18-8-15;1-3-9(2)14(17)19-12-5-10-4-11(12)15(6-10)7-13(16)18-8-15;1-3-9(2)13(16)19-12-7-11-6-10(12)8-15(11)4-5-18-14(15)17;;;;;;/h3*9-12H,3-8H2,1-2H3;6*1H4. The molecule has 9 rings (SSSR count). The minimum atomic E-state index is -0.232. The minimum Gasteiger partial charge on any atom is -0.465 e. The van der Waals surface area contributed by atoms with Crippen molar-refractivity contribution in [2.45, 2.75) is 201 Å². The maximum atomic E-state index is 12.0. The van der Waals surface area contributed by atoms with Crippen molar-refractivity contribution in [1.29, 1.82) is 0 Å². The molecule has 3 heterocycles. The van der Waals surface area contributed by atoms with E-state index in [1.807, 2.05) is 41.5 Å².